The van der Waals surface area contributed by atoms with E-state index in [4.69, 9.17) is 5.11 Å². The Balaban J connectivity index is 2.00. The van der Waals surface area contributed by atoms with Gasteiger partial charge in [-0.25, -0.2) is 0 Å². The van der Waals surface area contributed by atoms with Crippen molar-refractivity contribution >= 4 is 23.9 Å². The molecule has 0 bridgehead atoms. The van der Waals surface area contributed by atoms with Crippen molar-refractivity contribution in [2.45, 2.75) is 25.7 Å². The highest BCUT2D eigenvalue weighted by atomic mass is 16.4. The molecule has 0 aliphatic carbocycles. The minimum atomic E-state index is -0.819. The molecule has 0 saturated carbocycles. The molecular weight excluding hydrogens is 356 g/mol. The highest BCUT2D eigenvalue weighted by Crippen LogP contribution is 2.07. The van der Waals surface area contributed by atoms with E-state index in [9.17, 15) is 14.4 Å². The van der Waals surface area contributed by atoms with Crippen LogP contribution in [0, 0.1) is 0 Å². The van der Waals surface area contributed by atoms with Gasteiger partial charge in [0, 0.05) is 18.5 Å². The van der Waals surface area contributed by atoms with Crippen molar-refractivity contribution < 1.29 is 19.5 Å². The number of amides is 2. The van der Waals surface area contributed by atoms with Gasteiger partial charge in [-0.2, -0.15) is 0 Å². The molecule has 0 aliphatic heterocycles. The zero-order chi connectivity index (χ0) is 20.2. The van der Waals surface area contributed by atoms with Gasteiger partial charge >= 0.3 is 5.97 Å². The lowest BCUT2D eigenvalue weighted by Crippen LogP contribution is -2.35. The summed E-state index contributed by atoms with van der Waals surface area (Å²) in [4.78, 5) is 35.5. The molecule has 0 fully saturated rings. The van der Waals surface area contributed by atoms with Crippen molar-refractivity contribution in [2.24, 2.45) is 0 Å². The SMILES string of the molecule is O=C(O)CCCCCNC(=O)/C(=C/c1ccccc1)NC(=O)c1ccccc1. The van der Waals surface area contributed by atoms with Gasteiger partial charge in [0.1, 0.15) is 5.70 Å². The molecule has 2 aromatic rings. The number of benzene rings is 2. The van der Waals surface area contributed by atoms with E-state index in [1.54, 1.807) is 30.3 Å². The van der Waals surface area contributed by atoms with Crippen LogP contribution in [0.15, 0.2) is 66.4 Å². The summed E-state index contributed by atoms with van der Waals surface area (Å²) in [5.74, 6) is -1.56. The minimum Gasteiger partial charge on any atom is -0.481 e. The summed E-state index contributed by atoms with van der Waals surface area (Å²) in [5.41, 5.74) is 1.41. The van der Waals surface area contributed by atoms with Crippen molar-refractivity contribution in [3.63, 3.8) is 0 Å². The first-order valence-electron chi connectivity index (χ1n) is 9.19. The molecule has 0 aromatic heterocycles. The standard InChI is InChI=1S/C22H24N2O4/c25-20(26)14-8-3-9-15-23-22(28)19(16-17-10-4-1-5-11-17)24-21(27)18-12-6-2-7-13-18/h1-2,4-7,10-13,16H,3,8-9,14-15H2,(H,23,28)(H,24,27)(H,25,26)/b19-16-. The molecule has 6 nitrogen and oxygen atoms in total. The van der Waals surface area contributed by atoms with Crippen LogP contribution >= 0.6 is 0 Å². The fourth-order valence-electron chi connectivity index (χ4n) is 2.53. The van der Waals surface area contributed by atoms with Gasteiger partial charge in [-0.1, -0.05) is 55.0 Å². The smallest absolute Gasteiger partial charge is 0.303 e. The van der Waals surface area contributed by atoms with Gasteiger partial charge in [0.05, 0.1) is 0 Å². The third-order valence-electron chi connectivity index (χ3n) is 3.99. The molecule has 0 saturated heterocycles. The van der Waals surface area contributed by atoms with Gasteiger partial charge < -0.3 is 15.7 Å². The van der Waals surface area contributed by atoms with Crippen molar-refractivity contribution in [3.8, 4) is 0 Å². The van der Waals surface area contributed by atoms with Crippen molar-refractivity contribution in [2.75, 3.05) is 6.54 Å². The number of unbranched alkanes of at least 4 members (excludes halogenated alkanes) is 2. The first kappa shape index (κ1) is 20.9. The lowest BCUT2D eigenvalue weighted by molar-refractivity contribution is -0.137. The maximum atomic E-state index is 12.6. The second-order valence-corrected chi connectivity index (χ2v) is 6.25. The molecule has 2 aromatic carbocycles. The number of carbonyl (C=O) groups is 3. The van der Waals surface area contributed by atoms with Crippen molar-refractivity contribution in [3.05, 3.63) is 77.5 Å². The van der Waals surface area contributed by atoms with Crippen LogP contribution in [-0.2, 0) is 9.59 Å². The largest absolute Gasteiger partial charge is 0.481 e. The van der Waals surface area contributed by atoms with Gasteiger partial charge in [0.15, 0.2) is 0 Å². The Morgan fingerprint density at radius 1 is 0.857 bits per heavy atom. The van der Waals surface area contributed by atoms with E-state index >= 15 is 0 Å². The number of aliphatic carboxylic acids is 1. The molecule has 0 radical (unpaired) electrons. The highest BCUT2D eigenvalue weighted by Gasteiger charge is 2.14. The van der Waals surface area contributed by atoms with E-state index in [-0.39, 0.29) is 23.9 Å². The van der Waals surface area contributed by atoms with E-state index in [2.05, 4.69) is 10.6 Å². The van der Waals surface area contributed by atoms with E-state index in [0.29, 0.717) is 31.4 Å². The molecule has 0 aliphatic rings. The molecule has 0 unspecified atom stereocenters. The molecule has 0 spiro atoms. The maximum absolute atomic E-state index is 12.6. The Kier molecular flexibility index (Phi) is 8.46. The number of carboxylic acid groups (broad SMARTS) is 1. The van der Waals surface area contributed by atoms with E-state index < -0.39 is 5.97 Å². The first-order valence-corrected chi connectivity index (χ1v) is 9.19. The quantitative estimate of drug-likeness (QED) is 0.436. The number of carboxylic acids is 1. The average molecular weight is 380 g/mol. The zero-order valence-corrected chi connectivity index (χ0v) is 15.6. The van der Waals surface area contributed by atoms with Crippen LogP contribution in [0.2, 0.25) is 0 Å². The first-order chi connectivity index (χ1) is 13.6. The van der Waals surface area contributed by atoms with Crippen molar-refractivity contribution in [1.82, 2.24) is 10.6 Å². The van der Waals surface area contributed by atoms with Crippen LogP contribution in [0.3, 0.4) is 0 Å². The Labute approximate surface area is 164 Å². The summed E-state index contributed by atoms with van der Waals surface area (Å²) in [7, 11) is 0. The molecule has 146 valence electrons. The molecule has 0 atom stereocenters. The lowest BCUT2D eigenvalue weighted by Gasteiger charge is -2.11. The molecule has 0 heterocycles. The van der Waals surface area contributed by atoms with Crippen LogP contribution in [0.1, 0.15) is 41.6 Å². The van der Waals surface area contributed by atoms with Crippen LogP contribution in [0.25, 0.3) is 6.08 Å². The number of carbonyl (C=O) groups excluding carboxylic acids is 2. The van der Waals surface area contributed by atoms with Crippen LogP contribution in [0.4, 0.5) is 0 Å². The van der Waals surface area contributed by atoms with Gasteiger partial charge in [-0.3, -0.25) is 14.4 Å². The average Bonchev–Trinajstić information content (AvgIpc) is 2.71. The van der Waals surface area contributed by atoms with Gasteiger partial charge in [0.2, 0.25) is 0 Å². The molecule has 3 N–H and O–H groups in total. The molecule has 2 rings (SSSR count). The molecule has 28 heavy (non-hydrogen) atoms. The summed E-state index contributed by atoms with van der Waals surface area (Å²) in [5, 5.41) is 14.1. The summed E-state index contributed by atoms with van der Waals surface area (Å²) >= 11 is 0. The zero-order valence-electron chi connectivity index (χ0n) is 15.6. The fraction of sp³-hybridized carbons (Fsp3) is 0.227. The number of hydrogen-bond donors (Lipinski definition) is 3. The predicted molar refractivity (Wildman–Crippen MR) is 107 cm³/mol. The highest BCUT2D eigenvalue weighted by molar-refractivity contribution is 6.05. The third-order valence-corrected chi connectivity index (χ3v) is 3.99. The Bertz CT molecular complexity index is 817. The van der Waals surface area contributed by atoms with Crippen LogP contribution in [-0.4, -0.2) is 29.4 Å². The monoisotopic (exact) mass is 380 g/mol. The second kappa shape index (κ2) is 11.3. The summed E-state index contributed by atoms with van der Waals surface area (Å²) in [6.07, 6.45) is 3.70. The Morgan fingerprint density at radius 3 is 2.14 bits per heavy atom. The topological polar surface area (TPSA) is 95.5 Å². The normalized spacial score (nSPS) is 10.9. The van der Waals surface area contributed by atoms with E-state index in [1.165, 1.54) is 0 Å². The molecular formula is C22H24N2O4. The Morgan fingerprint density at radius 2 is 1.50 bits per heavy atom. The lowest BCUT2D eigenvalue weighted by atomic mass is 10.1. The number of rotatable bonds is 10. The molecule has 2 amide bonds. The van der Waals surface area contributed by atoms with Crippen LogP contribution < -0.4 is 10.6 Å². The second-order valence-electron chi connectivity index (χ2n) is 6.25. The van der Waals surface area contributed by atoms with Crippen LogP contribution in [0.5, 0.6) is 0 Å². The summed E-state index contributed by atoms with van der Waals surface area (Å²) in [6.45, 7) is 0.409. The molecule has 6 heteroatoms. The minimum absolute atomic E-state index is 0.125. The number of nitrogens with one attached hydrogen (secondary N) is 2. The summed E-state index contributed by atoms with van der Waals surface area (Å²) in [6, 6.07) is 17.9. The predicted octanol–water partition coefficient (Wildman–Crippen LogP) is 3.22. The third kappa shape index (κ3) is 7.45. The maximum Gasteiger partial charge on any atom is 0.303 e. The van der Waals surface area contributed by atoms with E-state index in [1.807, 2.05) is 36.4 Å². The van der Waals surface area contributed by atoms with Gasteiger partial charge in [-0.05, 0) is 36.6 Å². The van der Waals surface area contributed by atoms with Gasteiger partial charge in [0.25, 0.3) is 11.8 Å². The van der Waals surface area contributed by atoms with Crippen molar-refractivity contribution in [1.29, 1.82) is 0 Å². The fourth-order valence-corrected chi connectivity index (χ4v) is 2.53. The number of hydrogen-bond acceptors (Lipinski definition) is 3. The Hall–Kier alpha value is -3.41. The summed E-state index contributed by atoms with van der Waals surface area (Å²) < 4.78 is 0. The van der Waals surface area contributed by atoms with Gasteiger partial charge in [-0.15, -0.1) is 0 Å². The van der Waals surface area contributed by atoms with E-state index in [0.717, 1.165) is 5.56 Å².